The van der Waals surface area contributed by atoms with Gasteiger partial charge >= 0.3 is 0 Å². The molecule has 0 radical (unpaired) electrons. The average Bonchev–Trinajstić information content (AvgIpc) is 2.52. The van der Waals surface area contributed by atoms with Crippen LogP contribution >= 0.6 is 0 Å². The summed E-state index contributed by atoms with van der Waals surface area (Å²) in [5, 5.41) is 10.2. The molecular formula is C17H15NO3. The van der Waals surface area contributed by atoms with Crippen molar-refractivity contribution in [1.82, 2.24) is 4.98 Å². The molecule has 1 aromatic heterocycles. The predicted octanol–water partition coefficient (Wildman–Crippen LogP) is 2.87. The summed E-state index contributed by atoms with van der Waals surface area (Å²) < 4.78 is 5.36. The second-order valence-electron chi connectivity index (χ2n) is 4.37. The number of aromatic hydroxyl groups is 1. The number of allylic oxidation sites excluding steroid dienone is 1. The minimum atomic E-state index is -0.398. The lowest BCUT2D eigenvalue weighted by atomic mass is 9.92. The van der Waals surface area contributed by atoms with Crippen molar-refractivity contribution in [3.8, 4) is 11.5 Å². The lowest BCUT2D eigenvalue weighted by molar-refractivity contribution is 0.359. The van der Waals surface area contributed by atoms with Crippen molar-refractivity contribution in [2.45, 2.75) is 5.92 Å². The zero-order valence-corrected chi connectivity index (χ0v) is 11.4. The maximum absolute atomic E-state index is 10.8. The van der Waals surface area contributed by atoms with Gasteiger partial charge in [-0.1, -0.05) is 24.8 Å². The van der Waals surface area contributed by atoms with Crippen LogP contribution in [0.4, 0.5) is 0 Å². The fourth-order valence-electron chi connectivity index (χ4n) is 2.02. The van der Waals surface area contributed by atoms with E-state index in [0.29, 0.717) is 17.9 Å². The highest BCUT2D eigenvalue weighted by atomic mass is 16.5. The Morgan fingerprint density at radius 3 is 2.90 bits per heavy atom. The van der Waals surface area contributed by atoms with Crippen LogP contribution in [0.15, 0.2) is 61.5 Å². The largest absolute Gasteiger partial charge is 0.507 e. The quantitative estimate of drug-likeness (QED) is 0.653. The van der Waals surface area contributed by atoms with Gasteiger partial charge in [-0.2, -0.15) is 0 Å². The average molecular weight is 281 g/mol. The van der Waals surface area contributed by atoms with Gasteiger partial charge in [-0.05, 0) is 17.7 Å². The summed E-state index contributed by atoms with van der Waals surface area (Å²) in [4.78, 5) is 14.8. The Hall–Kier alpha value is -2.84. The van der Waals surface area contributed by atoms with Crippen molar-refractivity contribution in [2.24, 2.45) is 0 Å². The van der Waals surface area contributed by atoms with Crippen LogP contribution in [0.1, 0.15) is 17.0 Å². The number of nitrogens with zero attached hydrogens (tertiary/aromatic N) is 1. The molecule has 0 aliphatic rings. The second-order valence-corrected chi connectivity index (χ2v) is 4.37. The molecule has 0 aliphatic heterocycles. The van der Waals surface area contributed by atoms with Crippen molar-refractivity contribution in [2.75, 3.05) is 6.61 Å². The molecule has 1 atom stereocenters. The van der Waals surface area contributed by atoms with Crippen LogP contribution in [0.5, 0.6) is 11.5 Å². The highest BCUT2D eigenvalue weighted by molar-refractivity contribution is 5.55. The van der Waals surface area contributed by atoms with E-state index in [1.165, 1.54) is 12.1 Å². The van der Waals surface area contributed by atoms with Gasteiger partial charge in [0.05, 0.1) is 0 Å². The lowest BCUT2D eigenvalue weighted by Crippen LogP contribution is -2.00. The summed E-state index contributed by atoms with van der Waals surface area (Å²) in [7, 11) is 0. The van der Waals surface area contributed by atoms with Gasteiger partial charge in [0.2, 0.25) is 0 Å². The Labute approximate surface area is 123 Å². The SMILES string of the molecule is C=CCOc1ccc(C(C=C=O)c2cccnc2)c(O)c1. The van der Waals surface area contributed by atoms with E-state index in [0.717, 1.165) is 5.56 Å². The minimum Gasteiger partial charge on any atom is -0.507 e. The maximum Gasteiger partial charge on any atom is 0.123 e. The number of phenolic OH excluding ortho intramolecular Hbond substituents is 1. The Kier molecular flexibility index (Phi) is 4.91. The van der Waals surface area contributed by atoms with Crippen molar-refractivity contribution >= 4 is 5.94 Å². The highest BCUT2D eigenvalue weighted by Gasteiger charge is 2.16. The molecule has 1 unspecified atom stereocenters. The minimum absolute atomic E-state index is 0.0527. The summed E-state index contributed by atoms with van der Waals surface area (Å²) in [6, 6.07) is 8.59. The summed E-state index contributed by atoms with van der Waals surface area (Å²) in [5.74, 6) is 1.97. The predicted molar refractivity (Wildman–Crippen MR) is 80.1 cm³/mol. The van der Waals surface area contributed by atoms with Crippen LogP contribution in [0.25, 0.3) is 0 Å². The maximum atomic E-state index is 10.8. The number of pyridine rings is 1. The normalized spacial score (nSPS) is 11.2. The van der Waals surface area contributed by atoms with Crippen molar-refractivity contribution in [1.29, 1.82) is 0 Å². The van der Waals surface area contributed by atoms with Crippen LogP contribution < -0.4 is 4.74 Å². The number of aromatic nitrogens is 1. The molecule has 0 spiro atoms. The Balaban J connectivity index is 2.37. The monoisotopic (exact) mass is 281 g/mol. The first-order valence-electron chi connectivity index (χ1n) is 6.43. The first-order chi connectivity index (χ1) is 10.3. The fraction of sp³-hybridized carbons (Fsp3) is 0.118. The number of hydrogen-bond donors (Lipinski definition) is 1. The number of benzene rings is 1. The van der Waals surface area contributed by atoms with Crippen LogP contribution in [0, 0.1) is 0 Å². The van der Waals surface area contributed by atoms with E-state index in [2.05, 4.69) is 11.6 Å². The summed E-state index contributed by atoms with van der Waals surface area (Å²) in [6.45, 7) is 3.93. The highest BCUT2D eigenvalue weighted by Crippen LogP contribution is 2.34. The second kappa shape index (κ2) is 7.08. The fourth-order valence-corrected chi connectivity index (χ4v) is 2.02. The number of phenols is 1. The topological polar surface area (TPSA) is 59.4 Å². The van der Waals surface area contributed by atoms with E-state index in [-0.39, 0.29) is 5.75 Å². The van der Waals surface area contributed by atoms with Gasteiger partial charge in [-0.25, -0.2) is 4.79 Å². The molecule has 0 amide bonds. The third-order valence-electron chi connectivity index (χ3n) is 2.98. The zero-order valence-electron chi connectivity index (χ0n) is 11.4. The number of ether oxygens (including phenoxy) is 1. The molecule has 1 aromatic carbocycles. The standard InChI is InChI=1S/C17H15NO3/c1-2-10-21-14-5-6-16(17(20)11-14)15(7-9-19)13-4-3-8-18-12-13/h2-8,11-12,15,20H,1,10H2. The van der Waals surface area contributed by atoms with E-state index in [9.17, 15) is 9.90 Å². The molecule has 2 aromatic rings. The zero-order chi connectivity index (χ0) is 15.1. The first-order valence-corrected chi connectivity index (χ1v) is 6.43. The molecule has 4 heteroatoms. The summed E-state index contributed by atoms with van der Waals surface area (Å²) in [6.07, 6.45) is 6.28. The van der Waals surface area contributed by atoms with E-state index < -0.39 is 5.92 Å². The first kappa shape index (κ1) is 14.6. The molecule has 21 heavy (non-hydrogen) atoms. The van der Waals surface area contributed by atoms with Gasteiger partial charge in [0.1, 0.15) is 24.0 Å². The molecule has 2 rings (SSSR count). The van der Waals surface area contributed by atoms with Crippen LogP contribution in [0.3, 0.4) is 0 Å². The van der Waals surface area contributed by atoms with Gasteiger partial charge in [0.25, 0.3) is 0 Å². The molecule has 1 heterocycles. The van der Waals surface area contributed by atoms with Crippen molar-refractivity contribution in [3.05, 3.63) is 72.6 Å². The molecule has 0 aliphatic carbocycles. The molecular weight excluding hydrogens is 266 g/mol. The molecule has 0 saturated carbocycles. The Morgan fingerprint density at radius 1 is 1.43 bits per heavy atom. The molecule has 106 valence electrons. The van der Waals surface area contributed by atoms with E-state index in [1.807, 2.05) is 6.07 Å². The molecule has 4 nitrogen and oxygen atoms in total. The van der Waals surface area contributed by atoms with E-state index >= 15 is 0 Å². The third kappa shape index (κ3) is 3.59. The lowest BCUT2D eigenvalue weighted by Gasteiger charge is -2.14. The Morgan fingerprint density at radius 2 is 2.29 bits per heavy atom. The van der Waals surface area contributed by atoms with E-state index in [4.69, 9.17) is 4.74 Å². The summed E-state index contributed by atoms with van der Waals surface area (Å²) in [5.41, 5.74) is 1.40. The molecule has 0 bridgehead atoms. The number of rotatable bonds is 6. The molecule has 1 N–H and O–H groups in total. The smallest absolute Gasteiger partial charge is 0.123 e. The van der Waals surface area contributed by atoms with Gasteiger partial charge < -0.3 is 9.84 Å². The Bertz CT molecular complexity index is 661. The molecule has 0 fully saturated rings. The van der Waals surface area contributed by atoms with Crippen molar-refractivity contribution in [3.63, 3.8) is 0 Å². The molecule has 0 saturated heterocycles. The number of carbonyl (C=O) groups excluding carboxylic acids is 1. The third-order valence-corrected chi connectivity index (χ3v) is 2.98. The van der Waals surface area contributed by atoms with Gasteiger partial charge in [-0.3, -0.25) is 4.98 Å². The van der Waals surface area contributed by atoms with Crippen molar-refractivity contribution < 1.29 is 14.6 Å². The van der Waals surface area contributed by atoms with Gasteiger partial charge in [0.15, 0.2) is 0 Å². The van der Waals surface area contributed by atoms with Gasteiger partial charge in [-0.15, -0.1) is 0 Å². The number of hydrogen-bond acceptors (Lipinski definition) is 4. The van der Waals surface area contributed by atoms with Gasteiger partial charge in [0, 0.05) is 36.0 Å². The van der Waals surface area contributed by atoms with Crippen LogP contribution in [-0.4, -0.2) is 22.6 Å². The van der Waals surface area contributed by atoms with E-state index in [1.54, 1.807) is 42.6 Å². The summed E-state index contributed by atoms with van der Waals surface area (Å²) >= 11 is 0. The van der Waals surface area contributed by atoms with Crippen LogP contribution in [0.2, 0.25) is 0 Å². The van der Waals surface area contributed by atoms with Crippen LogP contribution in [-0.2, 0) is 4.79 Å².